The van der Waals surface area contributed by atoms with Crippen LogP contribution in [0.25, 0.3) is 0 Å². The van der Waals surface area contributed by atoms with E-state index in [-0.39, 0.29) is 17.3 Å². The first-order valence-corrected chi connectivity index (χ1v) is 8.03. The molecule has 128 valence electrons. The zero-order valence-electron chi connectivity index (χ0n) is 13.8. The number of nitrogens with one attached hydrogen (secondary N) is 1. The Morgan fingerprint density at radius 1 is 1.04 bits per heavy atom. The van der Waals surface area contributed by atoms with Crippen LogP contribution in [-0.2, 0) is 4.79 Å². The Hall–Kier alpha value is -3.77. The molecule has 3 rings (SSSR count). The topological polar surface area (TPSA) is 106 Å². The van der Waals surface area contributed by atoms with Crippen molar-refractivity contribution in [1.82, 2.24) is 0 Å². The highest BCUT2D eigenvalue weighted by atomic mass is 16.5. The van der Waals surface area contributed by atoms with Crippen LogP contribution in [0.5, 0.6) is 11.5 Å². The van der Waals surface area contributed by atoms with Gasteiger partial charge in [-0.05, 0) is 61.4 Å². The van der Waals surface area contributed by atoms with Gasteiger partial charge >= 0.3 is 0 Å². The molecular weight excluding hydrogens is 330 g/mol. The van der Waals surface area contributed by atoms with Gasteiger partial charge in [-0.15, -0.1) is 0 Å². The number of benzene rings is 2. The van der Waals surface area contributed by atoms with Crippen molar-refractivity contribution in [3.05, 3.63) is 65.4 Å². The quantitative estimate of drug-likeness (QED) is 0.483. The summed E-state index contributed by atoms with van der Waals surface area (Å²) >= 11 is 0. The molecule has 0 spiro atoms. The molecule has 0 aliphatic heterocycles. The average Bonchev–Trinajstić information content (AvgIpc) is 3.50. The van der Waals surface area contributed by atoms with Crippen molar-refractivity contribution in [2.24, 2.45) is 5.92 Å². The second-order valence-electron chi connectivity index (χ2n) is 5.86. The molecule has 2 aromatic rings. The van der Waals surface area contributed by atoms with Crippen LogP contribution in [0.1, 0.15) is 18.4 Å². The molecule has 0 heterocycles. The van der Waals surface area contributed by atoms with E-state index < -0.39 is 5.91 Å². The number of carbonyl (C=O) groups excluding carboxylic acids is 1. The van der Waals surface area contributed by atoms with Crippen molar-refractivity contribution in [3.8, 4) is 23.6 Å². The van der Waals surface area contributed by atoms with E-state index in [0.717, 1.165) is 12.8 Å². The van der Waals surface area contributed by atoms with Gasteiger partial charge in [0.05, 0.1) is 11.6 Å². The molecule has 1 aliphatic carbocycles. The van der Waals surface area contributed by atoms with Crippen LogP contribution < -0.4 is 10.1 Å². The van der Waals surface area contributed by atoms with Gasteiger partial charge in [-0.3, -0.25) is 4.79 Å². The molecule has 1 amide bonds. The van der Waals surface area contributed by atoms with Crippen LogP contribution in [0.15, 0.2) is 59.9 Å². The van der Waals surface area contributed by atoms with Gasteiger partial charge in [-0.2, -0.15) is 10.5 Å². The molecule has 0 bridgehead atoms. The minimum atomic E-state index is -0.627. The SMILES string of the molecule is N#C/C(C(=O)Nc1ccc(Oc2ccc(C#N)cc2)cc1)=C(/O)C1CC1. The fourth-order valence-electron chi connectivity index (χ4n) is 2.32. The lowest BCUT2D eigenvalue weighted by molar-refractivity contribution is -0.112. The minimum Gasteiger partial charge on any atom is -0.510 e. The van der Waals surface area contributed by atoms with Crippen LogP contribution in [0, 0.1) is 28.6 Å². The maximum Gasteiger partial charge on any atom is 0.269 e. The Morgan fingerprint density at radius 3 is 2.12 bits per heavy atom. The number of ether oxygens (including phenoxy) is 1. The Balaban J connectivity index is 1.65. The Kier molecular flexibility index (Phi) is 4.87. The number of allylic oxidation sites excluding steroid dienone is 1. The predicted molar refractivity (Wildman–Crippen MR) is 94.3 cm³/mol. The Morgan fingerprint density at radius 2 is 1.62 bits per heavy atom. The summed E-state index contributed by atoms with van der Waals surface area (Å²) in [5.41, 5.74) is 0.787. The van der Waals surface area contributed by atoms with Crippen LogP contribution >= 0.6 is 0 Å². The molecule has 26 heavy (non-hydrogen) atoms. The maximum absolute atomic E-state index is 12.1. The Labute approximate surface area is 150 Å². The van der Waals surface area contributed by atoms with E-state index in [4.69, 9.17) is 15.3 Å². The lowest BCUT2D eigenvalue weighted by Crippen LogP contribution is -2.15. The van der Waals surface area contributed by atoms with Gasteiger partial charge in [0.25, 0.3) is 5.91 Å². The van der Waals surface area contributed by atoms with Gasteiger partial charge in [-0.1, -0.05) is 0 Å². The summed E-state index contributed by atoms with van der Waals surface area (Å²) in [4.78, 5) is 12.1. The van der Waals surface area contributed by atoms with E-state index >= 15 is 0 Å². The summed E-state index contributed by atoms with van der Waals surface area (Å²) < 4.78 is 5.66. The molecule has 0 aromatic heterocycles. The van der Waals surface area contributed by atoms with E-state index in [1.165, 1.54) is 0 Å². The molecule has 0 atom stereocenters. The maximum atomic E-state index is 12.1. The summed E-state index contributed by atoms with van der Waals surface area (Å²) in [7, 11) is 0. The lowest BCUT2D eigenvalue weighted by Gasteiger charge is -2.08. The fraction of sp³-hybridized carbons (Fsp3) is 0.150. The molecule has 2 N–H and O–H groups in total. The van der Waals surface area contributed by atoms with Crippen molar-refractivity contribution in [2.75, 3.05) is 5.32 Å². The molecule has 6 nitrogen and oxygen atoms in total. The standard InChI is InChI=1S/C20H15N3O3/c21-11-13-1-7-16(8-2-13)26-17-9-5-15(6-10-17)23-20(25)18(12-22)19(24)14-3-4-14/h1-2,5-10,14,24H,3-4H2,(H,23,25)/b19-18-. The third-order valence-corrected chi connectivity index (χ3v) is 3.89. The van der Waals surface area contributed by atoms with E-state index in [1.807, 2.05) is 6.07 Å². The van der Waals surface area contributed by atoms with Gasteiger partial charge in [0, 0.05) is 11.6 Å². The number of hydrogen-bond acceptors (Lipinski definition) is 5. The molecule has 2 aromatic carbocycles. The van der Waals surface area contributed by atoms with E-state index in [2.05, 4.69) is 5.32 Å². The van der Waals surface area contributed by atoms with Gasteiger partial charge < -0.3 is 15.2 Å². The number of aliphatic hydroxyl groups excluding tert-OH is 1. The largest absolute Gasteiger partial charge is 0.510 e. The minimum absolute atomic E-state index is 0.0707. The zero-order valence-corrected chi connectivity index (χ0v) is 13.8. The normalized spacial score (nSPS) is 13.8. The number of aliphatic hydroxyl groups is 1. The second kappa shape index (κ2) is 7.42. The third kappa shape index (κ3) is 4.00. The van der Waals surface area contributed by atoms with Gasteiger partial charge in [0.2, 0.25) is 0 Å². The number of anilines is 1. The Bertz CT molecular complexity index is 928. The van der Waals surface area contributed by atoms with Crippen molar-refractivity contribution in [3.63, 3.8) is 0 Å². The molecule has 6 heteroatoms. The molecule has 1 fully saturated rings. The third-order valence-electron chi connectivity index (χ3n) is 3.89. The van der Waals surface area contributed by atoms with Gasteiger partial charge in [0.15, 0.2) is 5.57 Å². The van der Waals surface area contributed by atoms with Crippen LogP contribution in [0.2, 0.25) is 0 Å². The van der Waals surface area contributed by atoms with Crippen molar-refractivity contribution in [2.45, 2.75) is 12.8 Å². The first kappa shape index (κ1) is 17.1. The molecule has 1 saturated carbocycles. The summed E-state index contributed by atoms with van der Waals surface area (Å²) in [6, 6.07) is 17.1. The van der Waals surface area contributed by atoms with Crippen molar-refractivity contribution < 1.29 is 14.6 Å². The van der Waals surface area contributed by atoms with Gasteiger partial charge in [-0.25, -0.2) is 0 Å². The smallest absolute Gasteiger partial charge is 0.269 e. The monoisotopic (exact) mass is 345 g/mol. The van der Waals surface area contributed by atoms with Crippen molar-refractivity contribution in [1.29, 1.82) is 10.5 Å². The molecule has 0 unspecified atom stereocenters. The number of nitriles is 2. The molecule has 0 saturated heterocycles. The van der Waals surface area contributed by atoms with Crippen LogP contribution in [0.4, 0.5) is 5.69 Å². The highest BCUT2D eigenvalue weighted by molar-refractivity contribution is 6.07. The van der Waals surface area contributed by atoms with Gasteiger partial charge in [0.1, 0.15) is 23.3 Å². The van der Waals surface area contributed by atoms with E-state index in [1.54, 1.807) is 54.6 Å². The lowest BCUT2D eigenvalue weighted by atomic mass is 10.1. The second-order valence-corrected chi connectivity index (χ2v) is 5.86. The first-order chi connectivity index (χ1) is 12.6. The molecule has 1 aliphatic rings. The summed E-state index contributed by atoms with van der Waals surface area (Å²) in [6.45, 7) is 0. The highest BCUT2D eigenvalue weighted by Crippen LogP contribution is 2.36. The summed E-state index contributed by atoms with van der Waals surface area (Å²) in [5.74, 6) is 0.316. The zero-order chi connectivity index (χ0) is 18.5. The number of rotatable bonds is 5. The predicted octanol–water partition coefficient (Wildman–Crippen LogP) is 4.03. The highest BCUT2D eigenvalue weighted by Gasteiger charge is 2.30. The fourth-order valence-corrected chi connectivity index (χ4v) is 2.32. The molecular formula is C20H15N3O3. The van der Waals surface area contributed by atoms with E-state index in [0.29, 0.717) is 22.7 Å². The van der Waals surface area contributed by atoms with E-state index in [9.17, 15) is 9.90 Å². The molecule has 0 radical (unpaired) electrons. The van der Waals surface area contributed by atoms with Crippen LogP contribution in [-0.4, -0.2) is 11.0 Å². The summed E-state index contributed by atoms with van der Waals surface area (Å²) in [6.07, 6.45) is 1.59. The van der Waals surface area contributed by atoms with Crippen LogP contribution in [0.3, 0.4) is 0 Å². The number of nitrogens with zero attached hydrogens (tertiary/aromatic N) is 2. The first-order valence-electron chi connectivity index (χ1n) is 8.03. The average molecular weight is 345 g/mol. The number of carbonyl (C=O) groups is 1. The summed E-state index contributed by atoms with van der Waals surface area (Å²) in [5, 5.41) is 30.4. The number of amides is 1. The van der Waals surface area contributed by atoms with Crippen molar-refractivity contribution >= 4 is 11.6 Å². The number of hydrogen-bond donors (Lipinski definition) is 2.